The highest BCUT2D eigenvalue weighted by molar-refractivity contribution is 5.99. The fourth-order valence-corrected chi connectivity index (χ4v) is 3.45. The minimum atomic E-state index is -0.416. The van der Waals surface area contributed by atoms with Gasteiger partial charge in [-0.1, -0.05) is 65.8 Å². The van der Waals surface area contributed by atoms with Gasteiger partial charge >= 0.3 is 0 Å². The predicted octanol–water partition coefficient (Wildman–Crippen LogP) is 3.39. The molecule has 2 aromatic carbocycles. The van der Waals surface area contributed by atoms with Gasteiger partial charge in [0.1, 0.15) is 0 Å². The molecule has 1 saturated heterocycles. The van der Waals surface area contributed by atoms with Gasteiger partial charge in [-0.05, 0) is 12.5 Å². The lowest BCUT2D eigenvalue weighted by atomic mass is 10.0. The Hall–Kier alpha value is -2.33. The van der Waals surface area contributed by atoms with Crippen molar-refractivity contribution in [2.75, 3.05) is 7.05 Å². The maximum Gasteiger partial charge on any atom is 0.223 e. The van der Waals surface area contributed by atoms with E-state index in [1.54, 1.807) is 0 Å². The number of rotatable bonds is 2. The van der Waals surface area contributed by atoms with Crippen molar-refractivity contribution in [1.29, 1.82) is 0 Å². The first kappa shape index (κ1) is 13.3. The van der Waals surface area contributed by atoms with E-state index in [0.717, 1.165) is 17.8 Å². The van der Waals surface area contributed by atoms with Crippen LogP contribution in [0.1, 0.15) is 30.5 Å². The van der Waals surface area contributed by atoms with Crippen molar-refractivity contribution in [2.45, 2.75) is 25.1 Å². The average Bonchev–Trinajstić information content (AvgIpc) is 3.03. The smallest absolute Gasteiger partial charge is 0.223 e. The van der Waals surface area contributed by atoms with Gasteiger partial charge in [-0.2, -0.15) is 0 Å². The molecule has 0 aliphatic carbocycles. The topological polar surface area (TPSA) is 28.1 Å². The lowest BCUT2D eigenvalue weighted by Crippen LogP contribution is -2.47. The molecular weight excluding hydrogens is 274 g/mol. The molecule has 4 nitrogen and oxygen atoms in total. The molecule has 0 unspecified atom stereocenters. The highest BCUT2D eigenvalue weighted by Gasteiger charge is 2.54. The second kappa shape index (κ2) is 4.85. The summed E-state index contributed by atoms with van der Waals surface area (Å²) in [6.45, 7) is 2.10. The van der Waals surface area contributed by atoms with E-state index in [-0.39, 0.29) is 0 Å². The molecule has 0 saturated carbocycles. The van der Waals surface area contributed by atoms with E-state index in [1.165, 1.54) is 5.56 Å². The molecule has 0 amide bonds. The van der Waals surface area contributed by atoms with E-state index >= 15 is 0 Å². The lowest BCUT2D eigenvalue weighted by molar-refractivity contribution is -0.107. The van der Waals surface area contributed by atoms with Gasteiger partial charge in [0, 0.05) is 19.0 Å². The molecular formula is C18H19N3O. The van der Waals surface area contributed by atoms with Crippen LogP contribution in [0.25, 0.3) is 0 Å². The number of hydrogen-bond acceptors (Lipinski definition) is 4. The van der Waals surface area contributed by atoms with Crippen molar-refractivity contribution < 1.29 is 4.84 Å². The molecule has 4 heteroatoms. The van der Waals surface area contributed by atoms with Gasteiger partial charge in [-0.15, -0.1) is 0 Å². The van der Waals surface area contributed by atoms with E-state index < -0.39 is 5.72 Å². The van der Waals surface area contributed by atoms with Crippen molar-refractivity contribution in [1.82, 2.24) is 10.0 Å². The summed E-state index contributed by atoms with van der Waals surface area (Å²) in [5.41, 5.74) is 1.96. The van der Waals surface area contributed by atoms with Crippen LogP contribution < -0.4 is 0 Å². The highest BCUT2D eigenvalue weighted by atomic mass is 16.7. The van der Waals surface area contributed by atoms with Crippen molar-refractivity contribution in [3.05, 3.63) is 71.8 Å². The summed E-state index contributed by atoms with van der Waals surface area (Å²) in [5, 5.41) is 8.77. The van der Waals surface area contributed by atoms with Crippen molar-refractivity contribution >= 4 is 5.84 Å². The van der Waals surface area contributed by atoms with E-state index in [9.17, 15) is 0 Å². The minimum Gasteiger partial charge on any atom is -0.364 e. The Balaban J connectivity index is 1.70. The Bertz CT molecular complexity index is 701. The zero-order chi connectivity index (χ0) is 15.2. The number of benzene rings is 2. The molecule has 112 valence electrons. The van der Waals surface area contributed by atoms with Gasteiger partial charge in [0.15, 0.2) is 5.84 Å². The summed E-state index contributed by atoms with van der Waals surface area (Å²) in [7, 11) is 2.11. The summed E-state index contributed by atoms with van der Waals surface area (Å²) in [5.74, 6) is 0.879. The quantitative estimate of drug-likeness (QED) is 0.849. The molecule has 0 spiro atoms. The number of nitrogens with zero attached hydrogens (tertiary/aromatic N) is 3. The molecule has 2 aliphatic heterocycles. The third-order valence-corrected chi connectivity index (χ3v) is 4.53. The molecule has 0 aromatic heterocycles. The summed E-state index contributed by atoms with van der Waals surface area (Å²) in [4.78, 5) is 5.83. The zero-order valence-corrected chi connectivity index (χ0v) is 12.8. The molecule has 2 aromatic rings. The first-order chi connectivity index (χ1) is 10.7. The number of amidine groups is 1. The van der Waals surface area contributed by atoms with Crippen molar-refractivity contribution in [3.8, 4) is 0 Å². The van der Waals surface area contributed by atoms with Gasteiger partial charge in [0.25, 0.3) is 0 Å². The first-order valence-electron chi connectivity index (χ1n) is 7.58. The molecule has 2 atom stereocenters. The summed E-state index contributed by atoms with van der Waals surface area (Å²) >= 11 is 0. The number of oxime groups is 1. The van der Waals surface area contributed by atoms with Crippen LogP contribution in [0.4, 0.5) is 0 Å². The van der Waals surface area contributed by atoms with Gasteiger partial charge < -0.3 is 4.84 Å². The maximum absolute atomic E-state index is 5.83. The maximum atomic E-state index is 5.83. The second-order valence-corrected chi connectivity index (χ2v) is 6.06. The third-order valence-electron chi connectivity index (χ3n) is 4.53. The first-order valence-corrected chi connectivity index (χ1v) is 7.58. The Morgan fingerprint density at radius 3 is 2.36 bits per heavy atom. The van der Waals surface area contributed by atoms with Gasteiger partial charge in [0.05, 0.1) is 6.04 Å². The van der Waals surface area contributed by atoms with Gasteiger partial charge in [-0.25, -0.2) is 10.0 Å². The standard InChI is InChI=1S/C18H19N3O/c1-18-13-16(14-9-5-3-6-10-14)20(2)21(18)17(19-22-18)15-11-7-4-8-12-15/h3-12,16H,13H2,1-2H3/t16-,18-/m0/s1. The largest absolute Gasteiger partial charge is 0.364 e. The number of fused-ring (bicyclic) bond motifs is 1. The second-order valence-electron chi connectivity index (χ2n) is 6.06. The fraction of sp³-hybridized carbons (Fsp3) is 0.278. The van der Waals surface area contributed by atoms with Crippen LogP contribution in [0.5, 0.6) is 0 Å². The lowest BCUT2D eigenvalue weighted by Gasteiger charge is -2.32. The van der Waals surface area contributed by atoms with E-state index in [2.05, 4.69) is 71.6 Å². The fourth-order valence-electron chi connectivity index (χ4n) is 3.45. The van der Waals surface area contributed by atoms with Crippen LogP contribution in [0, 0.1) is 0 Å². The monoisotopic (exact) mass is 293 g/mol. The van der Waals surface area contributed by atoms with Crippen molar-refractivity contribution in [3.63, 3.8) is 0 Å². The summed E-state index contributed by atoms with van der Waals surface area (Å²) in [6.07, 6.45) is 0.882. The molecule has 0 radical (unpaired) electrons. The van der Waals surface area contributed by atoms with E-state index in [1.807, 2.05) is 18.2 Å². The van der Waals surface area contributed by atoms with Crippen LogP contribution in [0.15, 0.2) is 65.8 Å². The zero-order valence-electron chi connectivity index (χ0n) is 12.8. The predicted molar refractivity (Wildman–Crippen MR) is 85.9 cm³/mol. The van der Waals surface area contributed by atoms with Crippen LogP contribution in [-0.2, 0) is 4.84 Å². The molecule has 0 bridgehead atoms. The molecule has 2 heterocycles. The van der Waals surface area contributed by atoms with Crippen LogP contribution in [0.3, 0.4) is 0 Å². The van der Waals surface area contributed by atoms with Gasteiger partial charge in [-0.3, -0.25) is 0 Å². The van der Waals surface area contributed by atoms with E-state index in [0.29, 0.717) is 6.04 Å². The Labute approximate surface area is 130 Å². The summed E-state index contributed by atoms with van der Waals surface area (Å²) < 4.78 is 0. The molecule has 1 fully saturated rings. The van der Waals surface area contributed by atoms with Gasteiger partial charge in [0.2, 0.25) is 5.72 Å². The van der Waals surface area contributed by atoms with Crippen LogP contribution >= 0.6 is 0 Å². The molecule has 22 heavy (non-hydrogen) atoms. The average molecular weight is 293 g/mol. The van der Waals surface area contributed by atoms with Crippen LogP contribution in [-0.4, -0.2) is 28.6 Å². The normalized spacial score (nSPS) is 27.5. The van der Waals surface area contributed by atoms with Crippen LogP contribution in [0.2, 0.25) is 0 Å². The number of hydrazine groups is 1. The Kier molecular flexibility index (Phi) is 2.94. The molecule has 4 rings (SSSR count). The Morgan fingerprint density at radius 1 is 1.05 bits per heavy atom. The SMILES string of the molecule is CN1[C@H](c2ccccc2)C[C@]2(C)ON=C(c3ccccc3)N12. The van der Waals surface area contributed by atoms with E-state index in [4.69, 9.17) is 4.84 Å². The highest BCUT2D eigenvalue weighted by Crippen LogP contribution is 2.45. The number of hydrogen-bond donors (Lipinski definition) is 0. The third kappa shape index (κ3) is 1.91. The minimum absolute atomic E-state index is 0.292. The Morgan fingerprint density at radius 2 is 1.68 bits per heavy atom. The van der Waals surface area contributed by atoms with Crippen molar-refractivity contribution in [2.24, 2.45) is 5.16 Å². The molecule has 2 aliphatic rings. The summed E-state index contributed by atoms with van der Waals surface area (Å²) in [6, 6.07) is 21.1. The molecule has 0 N–H and O–H groups in total.